The van der Waals surface area contributed by atoms with Crippen LogP contribution in [0.1, 0.15) is 16.1 Å². The van der Waals surface area contributed by atoms with Crippen molar-refractivity contribution in [2.75, 3.05) is 0 Å². The van der Waals surface area contributed by atoms with Crippen LogP contribution in [0.3, 0.4) is 0 Å². The number of H-pyrrole nitrogens is 1. The zero-order valence-corrected chi connectivity index (χ0v) is 10.1. The van der Waals surface area contributed by atoms with Crippen LogP contribution in [0, 0.1) is 0 Å². The van der Waals surface area contributed by atoms with Crippen LogP contribution in [0.4, 0.5) is 0 Å². The second-order valence-electron chi connectivity index (χ2n) is 4.18. The summed E-state index contributed by atoms with van der Waals surface area (Å²) in [5.74, 6) is -0.123. The van der Waals surface area contributed by atoms with Gasteiger partial charge >= 0.3 is 0 Å². The van der Waals surface area contributed by atoms with Gasteiger partial charge in [0, 0.05) is 23.5 Å². The molecule has 94 valence electrons. The number of nitrogens with one attached hydrogen (secondary N) is 2. The van der Waals surface area contributed by atoms with Crippen LogP contribution in [-0.4, -0.2) is 21.1 Å². The number of benzene rings is 1. The number of aromatic nitrogens is 3. The highest BCUT2D eigenvalue weighted by molar-refractivity contribution is 5.97. The number of nitrogens with zero attached hydrogens (tertiary/aromatic N) is 2. The quantitative estimate of drug-likeness (QED) is 0.747. The van der Waals surface area contributed by atoms with Crippen molar-refractivity contribution in [3.63, 3.8) is 0 Å². The van der Waals surface area contributed by atoms with E-state index in [9.17, 15) is 4.79 Å². The topological polar surface area (TPSA) is 70.7 Å². The third-order valence-corrected chi connectivity index (χ3v) is 2.87. The molecule has 0 atom stereocenters. The van der Waals surface area contributed by atoms with Crippen molar-refractivity contribution in [3.05, 3.63) is 60.0 Å². The standard InChI is InChI=1S/C14H12N4O/c19-14(16-9-12-2-1-6-17-18-12)11-4-3-10-5-7-15-13(10)8-11/h1-8,15H,9H2,(H,16,19). The number of hydrogen-bond donors (Lipinski definition) is 2. The van der Waals surface area contributed by atoms with E-state index in [-0.39, 0.29) is 5.91 Å². The molecule has 2 heterocycles. The van der Waals surface area contributed by atoms with Crippen LogP contribution >= 0.6 is 0 Å². The average molecular weight is 252 g/mol. The molecule has 0 radical (unpaired) electrons. The van der Waals surface area contributed by atoms with E-state index in [1.165, 1.54) is 0 Å². The summed E-state index contributed by atoms with van der Waals surface area (Å²) in [5, 5.41) is 11.6. The molecule has 1 aromatic carbocycles. The van der Waals surface area contributed by atoms with E-state index >= 15 is 0 Å². The third-order valence-electron chi connectivity index (χ3n) is 2.87. The molecule has 0 aliphatic heterocycles. The summed E-state index contributed by atoms with van der Waals surface area (Å²) >= 11 is 0. The molecule has 1 amide bonds. The van der Waals surface area contributed by atoms with Crippen molar-refractivity contribution in [1.29, 1.82) is 0 Å². The van der Waals surface area contributed by atoms with E-state index in [0.29, 0.717) is 12.1 Å². The maximum Gasteiger partial charge on any atom is 0.251 e. The summed E-state index contributed by atoms with van der Waals surface area (Å²) in [6.45, 7) is 0.370. The Morgan fingerprint density at radius 3 is 3.05 bits per heavy atom. The molecule has 0 saturated heterocycles. The van der Waals surface area contributed by atoms with Gasteiger partial charge in [0.25, 0.3) is 5.91 Å². The molecule has 3 aromatic rings. The Kier molecular flexibility index (Phi) is 2.94. The normalized spacial score (nSPS) is 10.5. The lowest BCUT2D eigenvalue weighted by Crippen LogP contribution is -2.23. The lowest BCUT2D eigenvalue weighted by molar-refractivity contribution is 0.0950. The Balaban J connectivity index is 1.73. The van der Waals surface area contributed by atoms with Gasteiger partial charge in [0.05, 0.1) is 12.2 Å². The first-order chi connectivity index (χ1) is 9.33. The molecule has 2 aromatic heterocycles. The summed E-state index contributed by atoms with van der Waals surface area (Å²) in [5.41, 5.74) is 2.31. The first kappa shape index (κ1) is 11.4. The van der Waals surface area contributed by atoms with Crippen LogP contribution < -0.4 is 5.32 Å². The van der Waals surface area contributed by atoms with Crippen LogP contribution in [0.2, 0.25) is 0 Å². The van der Waals surface area contributed by atoms with Gasteiger partial charge in [-0.1, -0.05) is 6.07 Å². The van der Waals surface area contributed by atoms with Crippen LogP contribution in [0.25, 0.3) is 10.9 Å². The van der Waals surface area contributed by atoms with E-state index in [0.717, 1.165) is 16.6 Å². The summed E-state index contributed by atoms with van der Waals surface area (Å²) in [7, 11) is 0. The third kappa shape index (κ3) is 2.44. The zero-order chi connectivity index (χ0) is 13.1. The van der Waals surface area contributed by atoms with Gasteiger partial charge in [-0.2, -0.15) is 10.2 Å². The molecule has 5 nitrogen and oxygen atoms in total. The molecule has 0 spiro atoms. The van der Waals surface area contributed by atoms with Crippen LogP contribution in [0.5, 0.6) is 0 Å². The second-order valence-corrected chi connectivity index (χ2v) is 4.18. The smallest absolute Gasteiger partial charge is 0.251 e. The van der Waals surface area contributed by atoms with E-state index in [1.807, 2.05) is 36.5 Å². The highest BCUT2D eigenvalue weighted by Crippen LogP contribution is 2.14. The summed E-state index contributed by atoms with van der Waals surface area (Å²) < 4.78 is 0. The number of aromatic amines is 1. The summed E-state index contributed by atoms with van der Waals surface area (Å²) in [6, 6.07) is 11.1. The van der Waals surface area contributed by atoms with Gasteiger partial charge in [-0.05, 0) is 35.7 Å². The fraction of sp³-hybridized carbons (Fsp3) is 0.0714. The number of rotatable bonds is 3. The molecule has 0 unspecified atom stereocenters. The summed E-state index contributed by atoms with van der Waals surface area (Å²) in [6.07, 6.45) is 3.45. The molecular formula is C14H12N4O. The van der Waals surface area contributed by atoms with Gasteiger partial charge < -0.3 is 10.3 Å². The largest absolute Gasteiger partial charge is 0.361 e. The lowest BCUT2D eigenvalue weighted by atomic mass is 10.1. The van der Waals surface area contributed by atoms with Crippen LogP contribution in [0.15, 0.2) is 48.8 Å². The molecule has 0 bridgehead atoms. The predicted molar refractivity (Wildman–Crippen MR) is 71.5 cm³/mol. The highest BCUT2D eigenvalue weighted by atomic mass is 16.1. The van der Waals surface area contributed by atoms with Crippen molar-refractivity contribution < 1.29 is 4.79 Å². The molecule has 0 aliphatic rings. The molecule has 2 N–H and O–H groups in total. The van der Waals surface area contributed by atoms with Crippen LogP contribution in [-0.2, 0) is 6.54 Å². The van der Waals surface area contributed by atoms with Crippen molar-refractivity contribution in [2.45, 2.75) is 6.54 Å². The Hall–Kier alpha value is -2.69. The maximum atomic E-state index is 12.0. The maximum absolute atomic E-state index is 12.0. The Morgan fingerprint density at radius 2 is 2.21 bits per heavy atom. The van der Waals surface area contributed by atoms with E-state index in [1.54, 1.807) is 12.3 Å². The first-order valence-corrected chi connectivity index (χ1v) is 5.95. The van der Waals surface area contributed by atoms with Gasteiger partial charge in [-0.3, -0.25) is 4.79 Å². The molecule has 0 fully saturated rings. The van der Waals surface area contributed by atoms with Crippen molar-refractivity contribution in [1.82, 2.24) is 20.5 Å². The minimum absolute atomic E-state index is 0.123. The minimum Gasteiger partial charge on any atom is -0.361 e. The van der Waals surface area contributed by atoms with Gasteiger partial charge in [-0.25, -0.2) is 0 Å². The summed E-state index contributed by atoms with van der Waals surface area (Å²) in [4.78, 5) is 15.1. The Morgan fingerprint density at radius 1 is 1.26 bits per heavy atom. The van der Waals surface area contributed by atoms with Crippen molar-refractivity contribution in [3.8, 4) is 0 Å². The monoisotopic (exact) mass is 252 g/mol. The Labute approximate surface area is 109 Å². The average Bonchev–Trinajstić information content (AvgIpc) is 2.93. The molecule has 0 aliphatic carbocycles. The number of fused-ring (bicyclic) bond motifs is 1. The predicted octanol–water partition coefficient (Wildman–Crippen LogP) is 1.89. The van der Waals surface area contributed by atoms with E-state index in [4.69, 9.17) is 0 Å². The molecule has 0 saturated carbocycles. The number of amides is 1. The van der Waals surface area contributed by atoms with E-state index in [2.05, 4.69) is 20.5 Å². The molecular weight excluding hydrogens is 240 g/mol. The number of carbonyl (C=O) groups excluding carboxylic acids is 1. The first-order valence-electron chi connectivity index (χ1n) is 5.95. The van der Waals surface area contributed by atoms with Gasteiger partial charge in [0.15, 0.2) is 0 Å². The fourth-order valence-corrected chi connectivity index (χ4v) is 1.89. The fourth-order valence-electron chi connectivity index (χ4n) is 1.89. The van der Waals surface area contributed by atoms with Gasteiger partial charge in [0.1, 0.15) is 0 Å². The lowest BCUT2D eigenvalue weighted by Gasteiger charge is -2.04. The number of carbonyl (C=O) groups is 1. The second kappa shape index (κ2) is 4.89. The highest BCUT2D eigenvalue weighted by Gasteiger charge is 2.06. The number of hydrogen-bond acceptors (Lipinski definition) is 3. The van der Waals surface area contributed by atoms with Crippen molar-refractivity contribution >= 4 is 16.8 Å². The van der Waals surface area contributed by atoms with Gasteiger partial charge in [-0.15, -0.1) is 0 Å². The van der Waals surface area contributed by atoms with E-state index < -0.39 is 0 Å². The molecule has 3 rings (SSSR count). The SMILES string of the molecule is O=C(NCc1cccnn1)c1ccc2cc[nH]c2c1. The Bertz CT molecular complexity index is 706. The minimum atomic E-state index is -0.123. The zero-order valence-electron chi connectivity index (χ0n) is 10.1. The van der Waals surface area contributed by atoms with Crippen molar-refractivity contribution in [2.24, 2.45) is 0 Å². The molecule has 19 heavy (non-hydrogen) atoms. The molecule has 5 heteroatoms. The van der Waals surface area contributed by atoms with Gasteiger partial charge in [0.2, 0.25) is 0 Å².